The largest absolute Gasteiger partial charge is 0.206 e. The Balaban J connectivity index is 1.80. The van der Waals surface area contributed by atoms with Crippen LogP contribution in [0.5, 0.6) is 0 Å². The quantitative estimate of drug-likeness (QED) is 0.521. The second-order valence-electron chi connectivity index (χ2n) is 6.95. The van der Waals surface area contributed by atoms with Crippen LogP contribution in [0.4, 0.5) is 4.39 Å². The van der Waals surface area contributed by atoms with Gasteiger partial charge in [-0.3, -0.25) is 0 Å². The first kappa shape index (κ1) is 18.5. The molecule has 0 aromatic heterocycles. The first-order chi connectivity index (χ1) is 11.6. The Kier molecular flexibility index (Phi) is 7.28. The SMILES string of the molecule is CC(C)CC[Si]1CCC(C=CC#Cc2ccc(C#N)c(F)c2)CC1. The summed E-state index contributed by atoms with van der Waals surface area (Å²) in [6, 6.07) is 10.6. The van der Waals surface area contributed by atoms with Gasteiger partial charge in [-0.1, -0.05) is 56.3 Å². The highest BCUT2D eigenvalue weighted by atomic mass is 28.3. The van der Waals surface area contributed by atoms with Crippen molar-refractivity contribution in [1.82, 2.24) is 0 Å². The molecule has 1 saturated heterocycles. The minimum absolute atomic E-state index is 0.0633. The lowest BCUT2D eigenvalue weighted by Gasteiger charge is -2.25. The van der Waals surface area contributed by atoms with Crippen LogP contribution in [0.3, 0.4) is 0 Å². The second kappa shape index (κ2) is 9.45. The standard InChI is InChI=1S/C21H25FNSi/c1-17(2)9-12-24-13-10-18(11-14-24)5-3-4-6-19-7-8-20(16-23)21(22)15-19/h3,5,7-8,15,17-18H,9-14H2,1-2H3. The molecule has 1 radical (unpaired) electrons. The summed E-state index contributed by atoms with van der Waals surface area (Å²) in [5.74, 6) is 6.92. The van der Waals surface area contributed by atoms with Gasteiger partial charge in [0, 0.05) is 14.4 Å². The molecular weight excluding hydrogens is 313 g/mol. The van der Waals surface area contributed by atoms with E-state index in [2.05, 4.69) is 31.8 Å². The van der Waals surface area contributed by atoms with Gasteiger partial charge in [-0.05, 0) is 49.0 Å². The van der Waals surface area contributed by atoms with E-state index in [9.17, 15) is 4.39 Å². The summed E-state index contributed by atoms with van der Waals surface area (Å²) < 4.78 is 13.5. The molecular formula is C21H25FNSi. The van der Waals surface area contributed by atoms with E-state index in [4.69, 9.17) is 5.26 Å². The predicted molar refractivity (Wildman–Crippen MR) is 99.5 cm³/mol. The van der Waals surface area contributed by atoms with Crippen molar-refractivity contribution in [3.05, 3.63) is 47.3 Å². The van der Waals surface area contributed by atoms with Gasteiger partial charge in [-0.15, -0.1) is 0 Å². The molecule has 1 aliphatic heterocycles. The van der Waals surface area contributed by atoms with E-state index in [1.165, 1.54) is 49.5 Å². The van der Waals surface area contributed by atoms with Crippen molar-refractivity contribution < 1.29 is 4.39 Å². The fraction of sp³-hybridized carbons (Fsp3) is 0.476. The van der Waals surface area contributed by atoms with E-state index in [-0.39, 0.29) is 14.4 Å². The highest BCUT2D eigenvalue weighted by molar-refractivity contribution is 6.59. The van der Waals surface area contributed by atoms with Gasteiger partial charge in [0.15, 0.2) is 0 Å². The molecule has 2 rings (SSSR count). The zero-order valence-electron chi connectivity index (χ0n) is 14.6. The van der Waals surface area contributed by atoms with Crippen LogP contribution < -0.4 is 0 Å². The van der Waals surface area contributed by atoms with Crippen molar-refractivity contribution in [3.8, 4) is 17.9 Å². The molecule has 0 spiro atoms. The van der Waals surface area contributed by atoms with Gasteiger partial charge in [0.2, 0.25) is 0 Å². The van der Waals surface area contributed by atoms with Crippen molar-refractivity contribution in [2.45, 2.75) is 51.2 Å². The van der Waals surface area contributed by atoms with Gasteiger partial charge in [-0.25, -0.2) is 4.39 Å². The number of benzene rings is 1. The molecule has 0 bridgehead atoms. The van der Waals surface area contributed by atoms with Gasteiger partial charge in [-0.2, -0.15) is 5.26 Å². The Morgan fingerprint density at radius 1 is 1.33 bits per heavy atom. The third-order valence-electron chi connectivity index (χ3n) is 4.57. The van der Waals surface area contributed by atoms with E-state index in [0.717, 1.165) is 5.92 Å². The maximum atomic E-state index is 13.5. The van der Waals surface area contributed by atoms with E-state index < -0.39 is 5.82 Å². The number of rotatable bonds is 4. The summed E-state index contributed by atoms with van der Waals surface area (Å²) in [5.41, 5.74) is 0.673. The maximum absolute atomic E-state index is 13.5. The van der Waals surface area contributed by atoms with Gasteiger partial charge < -0.3 is 0 Å². The molecule has 1 aromatic rings. The van der Waals surface area contributed by atoms with Gasteiger partial charge in [0.25, 0.3) is 0 Å². The summed E-state index contributed by atoms with van der Waals surface area (Å²) in [5, 5.41) is 8.71. The molecule has 1 nitrogen and oxygen atoms in total. The third kappa shape index (κ3) is 5.98. The summed E-state index contributed by atoms with van der Waals surface area (Å²) >= 11 is 0. The van der Waals surface area contributed by atoms with Crippen LogP contribution in [0.25, 0.3) is 0 Å². The van der Waals surface area contributed by atoms with Crippen molar-refractivity contribution >= 4 is 8.80 Å². The fourth-order valence-electron chi connectivity index (χ4n) is 2.98. The van der Waals surface area contributed by atoms with Gasteiger partial charge in [0.1, 0.15) is 11.9 Å². The maximum Gasteiger partial charge on any atom is 0.142 e. The number of hydrogen-bond donors (Lipinski definition) is 0. The van der Waals surface area contributed by atoms with Crippen LogP contribution in [-0.2, 0) is 0 Å². The normalized spacial score (nSPS) is 16.1. The third-order valence-corrected chi connectivity index (χ3v) is 7.56. The molecule has 0 aliphatic carbocycles. The average Bonchev–Trinajstić information content (AvgIpc) is 2.58. The summed E-state index contributed by atoms with van der Waals surface area (Å²) in [6.45, 7) is 4.63. The Morgan fingerprint density at radius 3 is 2.71 bits per heavy atom. The Bertz CT molecular complexity index is 667. The molecule has 0 unspecified atom stereocenters. The molecule has 1 fully saturated rings. The van der Waals surface area contributed by atoms with Crippen molar-refractivity contribution in [1.29, 1.82) is 5.26 Å². The molecule has 1 aromatic carbocycles. The lowest BCUT2D eigenvalue weighted by molar-refractivity contribution is 0.563. The van der Waals surface area contributed by atoms with Crippen molar-refractivity contribution in [3.63, 3.8) is 0 Å². The molecule has 0 saturated carbocycles. The Hall–Kier alpha value is -1.84. The zero-order valence-corrected chi connectivity index (χ0v) is 15.6. The van der Waals surface area contributed by atoms with Gasteiger partial charge in [0.05, 0.1) is 5.56 Å². The zero-order chi connectivity index (χ0) is 17.4. The molecule has 125 valence electrons. The smallest absolute Gasteiger partial charge is 0.142 e. The predicted octanol–water partition coefficient (Wildman–Crippen LogP) is 5.56. The molecule has 0 amide bonds. The lowest BCUT2D eigenvalue weighted by atomic mass is 10.0. The average molecular weight is 339 g/mol. The minimum atomic E-state index is -0.503. The van der Waals surface area contributed by atoms with Crippen molar-refractivity contribution in [2.75, 3.05) is 0 Å². The van der Waals surface area contributed by atoms with Crippen LogP contribution >= 0.6 is 0 Å². The number of nitriles is 1. The molecule has 0 N–H and O–H groups in total. The Morgan fingerprint density at radius 2 is 2.08 bits per heavy atom. The molecule has 1 heterocycles. The van der Waals surface area contributed by atoms with E-state index >= 15 is 0 Å². The van der Waals surface area contributed by atoms with E-state index in [1.54, 1.807) is 6.07 Å². The van der Waals surface area contributed by atoms with Crippen LogP contribution in [0.15, 0.2) is 30.4 Å². The lowest BCUT2D eigenvalue weighted by Crippen LogP contribution is -2.20. The first-order valence-electron chi connectivity index (χ1n) is 8.80. The van der Waals surface area contributed by atoms with E-state index in [1.807, 2.05) is 12.1 Å². The fourth-order valence-corrected chi connectivity index (χ4v) is 6.27. The first-order valence-corrected chi connectivity index (χ1v) is 10.9. The number of allylic oxidation sites excluding steroid dienone is 2. The summed E-state index contributed by atoms with van der Waals surface area (Å²) in [4.78, 5) is 0. The monoisotopic (exact) mass is 338 g/mol. The number of nitrogens with zero attached hydrogens (tertiary/aromatic N) is 1. The molecule has 0 atom stereocenters. The second-order valence-corrected chi connectivity index (χ2v) is 9.95. The molecule has 24 heavy (non-hydrogen) atoms. The number of hydrogen-bond acceptors (Lipinski definition) is 1. The summed E-state index contributed by atoms with van der Waals surface area (Å²) in [6.07, 6.45) is 8.12. The Labute approximate surface area is 147 Å². The number of halogens is 1. The highest BCUT2D eigenvalue weighted by Crippen LogP contribution is 2.29. The van der Waals surface area contributed by atoms with Gasteiger partial charge >= 0.3 is 0 Å². The van der Waals surface area contributed by atoms with Crippen LogP contribution in [-0.4, -0.2) is 8.80 Å². The minimum Gasteiger partial charge on any atom is -0.206 e. The summed E-state index contributed by atoms with van der Waals surface area (Å²) in [7, 11) is -0.0975. The molecule has 3 heteroatoms. The topological polar surface area (TPSA) is 23.8 Å². The van der Waals surface area contributed by atoms with Crippen molar-refractivity contribution in [2.24, 2.45) is 11.8 Å². The highest BCUT2D eigenvalue weighted by Gasteiger charge is 2.20. The van der Waals surface area contributed by atoms with E-state index in [0.29, 0.717) is 11.5 Å². The van der Waals surface area contributed by atoms with Crippen LogP contribution in [0.2, 0.25) is 18.1 Å². The van der Waals surface area contributed by atoms with Crippen LogP contribution in [0, 0.1) is 40.8 Å². The van der Waals surface area contributed by atoms with Crippen LogP contribution in [0.1, 0.15) is 44.2 Å². The molecule has 1 aliphatic rings.